The number of piperidine rings is 1. The largest absolute Gasteiger partial charge is 0.406 e. The highest BCUT2D eigenvalue weighted by Crippen LogP contribution is 2.16. The van der Waals surface area contributed by atoms with Crippen LogP contribution in [0.4, 0.5) is 13.2 Å². The number of alkyl halides is 3. The van der Waals surface area contributed by atoms with Crippen LogP contribution in [0.2, 0.25) is 0 Å². The lowest BCUT2D eigenvalue weighted by Gasteiger charge is -2.34. The van der Waals surface area contributed by atoms with Crippen LogP contribution in [-0.2, 0) is 11.3 Å². The number of likely N-dealkylation sites (N-methyl/N-ethyl adjacent to an activating group) is 1. The number of nitrogens with one attached hydrogen (secondary N) is 2. The van der Waals surface area contributed by atoms with Crippen molar-refractivity contribution in [1.29, 1.82) is 0 Å². The van der Waals surface area contributed by atoms with Crippen molar-refractivity contribution >= 4 is 11.9 Å². The molecule has 0 aromatic heterocycles. The number of halogens is 3. The molecule has 162 valence electrons. The average molecular weight is 413 g/mol. The fourth-order valence-electron chi connectivity index (χ4n) is 3.30. The summed E-state index contributed by atoms with van der Waals surface area (Å²) in [5.74, 6) is -0.221. The molecule has 1 aliphatic rings. The number of hydrogen-bond acceptors (Lipinski definition) is 3. The summed E-state index contributed by atoms with van der Waals surface area (Å²) in [4.78, 5) is 19.1. The van der Waals surface area contributed by atoms with Crippen molar-refractivity contribution in [2.45, 2.75) is 38.5 Å². The van der Waals surface area contributed by atoms with Crippen LogP contribution in [0.1, 0.15) is 25.3 Å². The zero-order valence-corrected chi connectivity index (χ0v) is 17.0. The van der Waals surface area contributed by atoms with Gasteiger partial charge in [-0.05, 0) is 31.9 Å². The van der Waals surface area contributed by atoms with E-state index in [1.807, 2.05) is 25.1 Å². The number of guanidine groups is 1. The first kappa shape index (κ1) is 23.0. The van der Waals surface area contributed by atoms with Crippen molar-refractivity contribution in [1.82, 2.24) is 20.4 Å². The first-order valence-corrected chi connectivity index (χ1v) is 9.88. The summed E-state index contributed by atoms with van der Waals surface area (Å²) in [5, 5.41) is 6.38. The first-order chi connectivity index (χ1) is 13.8. The summed E-state index contributed by atoms with van der Waals surface area (Å²) in [5.41, 5.74) is 1.26. The smallest absolute Gasteiger partial charge is 0.357 e. The third-order valence-electron chi connectivity index (χ3n) is 4.65. The molecule has 1 saturated heterocycles. The Balaban J connectivity index is 1.89. The van der Waals surface area contributed by atoms with Gasteiger partial charge in [-0.1, -0.05) is 30.3 Å². The minimum absolute atomic E-state index is 0.160. The molecule has 0 radical (unpaired) electrons. The van der Waals surface area contributed by atoms with Gasteiger partial charge in [-0.15, -0.1) is 0 Å². The Labute approximate surface area is 170 Å². The van der Waals surface area contributed by atoms with Crippen LogP contribution >= 0.6 is 0 Å². The van der Waals surface area contributed by atoms with Gasteiger partial charge in [0.05, 0.1) is 0 Å². The lowest BCUT2D eigenvalue weighted by Crippen LogP contribution is -2.51. The van der Waals surface area contributed by atoms with Crippen LogP contribution in [0.15, 0.2) is 35.3 Å². The van der Waals surface area contributed by atoms with E-state index in [-0.39, 0.29) is 12.6 Å². The molecule has 0 bridgehead atoms. The van der Waals surface area contributed by atoms with Gasteiger partial charge in [-0.3, -0.25) is 9.69 Å². The van der Waals surface area contributed by atoms with E-state index in [9.17, 15) is 18.0 Å². The molecule has 0 spiro atoms. The monoisotopic (exact) mass is 413 g/mol. The molecule has 9 heteroatoms. The van der Waals surface area contributed by atoms with Crippen molar-refractivity contribution in [3.05, 3.63) is 35.9 Å². The molecule has 1 fully saturated rings. The third-order valence-corrected chi connectivity index (χ3v) is 4.65. The van der Waals surface area contributed by atoms with Crippen LogP contribution in [0.5, 0.6) is 0 Å². The number of rotatable bonds is 7. The summed E-state index contributed by atoms with van der Waals surface area (Å²) >= 11 is 0. The van der Waals surface area contributed by atoms with Gasteiger partial charge in [-0.25, -0.2) is 4.99 Å². The van der Waals surface area contributed by atoms with Crippen LogP contribution in [0.3, 0.4) is 0 Å². The maximum atomic E-state index is 12.4. The van der Waals surface area contributed by atoms with Gasteiger partial charge in [-0.2, -0.15) is 13.2 Å². The number of likely N-dealkylation sites (tertiary alicyclic amines) is 1. The third kappa shape index (κ3) is 8.72. The highest BCUT2D eigenvalue weighted by molar-refractivity contribution is 5.85. The maximum Gasteiger partial charge on any atom is 0.406 e. The van der Waals surface area contributed by atoms with Crippen LogP contribution < -0.4 is 10.6 Å². The van der Waals surface area contributed by atoms with E-state index in [2.05, 4.69) is 32.7 Å². The number of amides is 1. The molecule has 2 rings (SSSR count). The summed E-state index contributed by atoms with van der Waals surface area (Å²) in [6, 6.07) is 10.4. The molecule has 1 aromatic rings. The van der Waals surface area contributed by atoms with E-state index >= 15 is 0 Å². The SMILES string of the molecule is CCNC(=NCC(=O)N(C)CC(F)(F)F)NC1CCCN(Cc2ccccc2)C1. The molecule has 1 amide bonds. The molecule has 1 atom stereocenters. The minimum Gasteiger partial charge on any atom is -0.357 e. The van der Waals surface area contributed by atoms with Gasteiger partial charge < -0.3 is 15.5 Å². The first-order valence-electron chi connectivity index (χ1n) is 9.88. The Kier molecular flexibility index (Phi) is 8.75. The molecule has 1 aliphatic heterocycles. The Hall–Kier alpha value is -2.29. The molecule has 0 aliphatic carbocycles. The van der Waals surface area contributed by atoms with E-state index in [0.717, 1.165) is 39.5 Å². The van der Waals surface area contributed by atoms with E-state index in [1.54, 1.807) is 0 Å². The predicted octanol–water partition coefficient (Wildman–Crippen LogP) is 2.23. The topological polar surface area (TPSA) is 60.0 Å². The number of carbonyl (C=O) groups is 1. The Morgan fingerprint density at radius 3 is 2.69 bits per heavy atom. The maximum absolute atomic E-state index is 12.4. The van der Waals surface area contributed by atoms with E-state index < -0.39 is 18.6 Å². The van der Waals surface area contributed by atoms with Crippen LogP contribution in [0, 0.1) is 0 Å². The van der Waals surface area contributed by atoms with Crippen molar-refractivity contribution in [2.75, 3.05) is 39.8 Å². The van der Waals surface area contributed by atoms with Crippen LogP contribution in [0.25, 0.3) is 0 Å². The zero-order valence-electron chi connectivity index (χ0n) is 17.0. The molecule has 29 heavy (non-hydrogen) atoms. The fourth-order valence-corrected chi connectivity index (χ4v) is 3.30. The number of benzene rings is 1. The number of aliphatic imine (C=N–C) groups is 1. The average Bonchev–Trinajstić information content (AvgIpc) is 2.66. The molecule has 1 unspecified atom stereocenters. The van der Waals surface area contributed by atoms with Gasteiger partial charge in [0.1, 0.15) is 13.1 Å². The van der Waals surface area contributed by atoms with Gasteiger partial charge >= 0.3 is 6.18 Å². The van der Waals surface area contributed by atoms with Crippen molar-refractivity contribution in [2.24, 2.45) is 4.99 Å². The molecule has 0 saturated carbocycles. The minimum atomic E-state index is -4.42. The van der Waals surface area contributed by atoms with Gasteiger partial charge in [0, 0.05) is 32.7 Å². The molecule has 2 N–H and O–H groups in total. The van der Waals surface area contributed by atoms with Crippen molar-refractivity contribution in [3.63, 3.8) is 0 Å². The molecular formula is C20H30F3N5O. The number of nitrogens with zero attached hydrogens (tertiary/aromatic N) is 3. The van der Waals surface area contributed by atoms with E-state index in [4.69, 9.17) is 0 Å². The summed E-state index contributed by atoms with van der Waals surface area (Å²) in [6.45, 7) is 3.61. The highest BCUT2D eigenvalue weighted by atomic mass is 19.4. The van der Waals surface area contributed by atoms with Gasteiger partial charge in [0.15, 0.2) is 5.96 Å². The summed E-state index contributed by atoms with van der Waals surface area (Å²) in [7, 11) is 1.13. The fraction of sp³-hybridized carbons (Fsp3) is 0.600. The second kappa shape index (κ2) is 11.0. The zero-order chi connectivity index (χ0) is 21.3. The molecule has 1 heterocycles. The number of carbonyl (C=O) groups excluding carboxylic acids is 1. The lowest BCUT2D eigenvalue weighted by atomic mass is 10.0. The molecule has 6 nitrogen and oxygen atoms in total. The second-order valence-corrected chi connectivity index (χ2v) is 7.26. The van der Waals surface area contributed by atoms with E-state index in [0.29, 0.717) is 17.4 Å². The quantitative estimate of drug-likeness (QED) is 0.532. The van der Waals surface area contributed by atoms with Crippen molar-refractivity contribution in [3.8, 4) is 0 Å². The summed E-state index contributed by atoms with van der Waals surface area (Å²) < 4.78 is 37.3. The van der Waals surface area contributed by atoms with Crippen LogP contribution in [-0.4, -0.2) is 73.7 Å². The Morgan fingerprint density at radius 1 is 1.31 bits per heavy atom. The standard InChI is InChI=1S/C20H30F3N5O/c1-3-24-19(25-12-18(29)27(2)15-20(21,22)23)26-17-10-7-11-28(14-17)13-16-8-5-4-6-9-16/h4-6,8-9,17H,3,7,10-15H2,1-2H3,(H2,24,25,26). The van der Waals surface area contributed by atoms with Gasteiger partial charge in [0.25, 0.3) is 0 Å². The summed E-state index contributed by atoms with van der Waals surface area (Å²) in [6.07, 6.45) is -2.41. The lowest BCUT2D eigenvalue weighted by molar-refractivity contribution is -0.157. The Bertz CT molecular complexity index is 666. The molecular weight excluding hydrogens is 383 g/mol. The number of hydrogen-bond donors (Lipinski definition) is 2. The van der Waals surface area contributed by atoms with E-state index in [1.165, 1.54) is 5.56 Å². The van der Waals surface area contributed by atoms with Gasteiger partial charge in [0.2, 0.25) is 5.91 Å². The predicted molar refractivity (Wildman–Crippen MR) is 108 cm³/mol. The normalized spacial score (nSPS) is 18.4. The Morgan fingerprint density at radius 2 is 2.03 bits per heavy atom. The second-order valence-electron chi connectivity index (χ2n) is 7.26. The van der Waals surface area contributed by atoms with Crippen molar-refractivity contribution < 1.29 is 18.0 Å². The molecule has 1 aromatic carbocycles. The highest BCUT2D eigenvalue weighted by Gasteiger charge is 2.31.